The third-order valence-corrected chi connectivity index (χ3v) is 3.81. The molecule has 2 aromatic carbocycles. The van der Waals surface area contributed by atoms with E-state index in [0.717, 1.165) is 10.9 Å². The first-order valence-corrected chi connectivity index (χ1v) is 6.69. The SMILES string of the molecule is O=C(O)c1ccc2c(ccn2Cc2cccc(F)c2Cl)c1. The highest BCUT2D eigenvalue weighted by molar-refractivity contribution is 6.31. The van der Waals surface area contributed by atoms with Gasteiger partial charge >= 0.3 is 5.97 Å². The first-order valence-electron chi connectivity index (χ1n) is 6.31. The Morgan fingerprint density at radius 3 is 2.81 bits per heavy atom. The Kier molecular flexibility index (Phi) is 3.39. The van der Waals surface area contributed by atoms with Crippen LogP contribution in [0.2, 0.25) is 5.02 Å². The summed E-state index contributed by atoms with van der Waals surface area (Å²) in [5.74, 6) is -1.41. The maximum Gasteiger partial charge on any atom is 0.335 e. The van der Waals surface area contributed by atoms with Crippen LogP contribution in [0.1, 0.15) is 15.9 Å². The molecule has 1 aromatic heterocycles. The van der Waals surface area contributed by atoms with Crippen LogP contribution in [0.15, 0.2) is 48.7 Å². The molecular weight excluding hydrogens is 293 g/mol. The molecule has 0 bridgehead atoms. The van der Waals surface area contributed by atoms with Crippen LogP contribution >= 0.6 is 11.6 Å². The van der Waals surface area contributed by atoms with Crippen LogP contribution in [0.5, 0.6) is 0 Å². The lowest BCUT2D eigenvalue weighted by atomic mass is 10.1. The van der Waals surface area contributed by atoms with Gasteiger partial charge in [0.1, 0.15) is 5.82 Å². The van der Waals surface area contributed by atoms with Crippen LogP contribution in [0.4, 0.5) is 4.39 Å². The minimum Gasteiger partial charge on any atom is -0.478 e. The van der Waals surface area contributed by atoms with Gasteiger partial charge in [-0.25, -0.2) is 9.18 Å². The fourth-order valence-electron chi connectivity index (χ4n) is 2.33. The summed E-state index contributed by atoms with van der Waals surface area (Å²) >= 11 is 5.96. The number of carboxylic acid groups (broad SMARTS) is 1. The molecule has 3 aromatic rings. The largest absolute Gasteiger partial charge is 0.478 e. The monoisotopic (exact) mass is 303 g/mol. The summed E-state index contributed by atoms with van der Waals surface area (Å²) in [5, 5.41) is 9.92. The summed E-state index contributed by atoms with van der Waals surface area (Å²) in [4.78, 5) is 11.0. The molecule has 0 saturated carbocycles. The van der Waals surface area contributed by atoms with Crippen LogP contribution < -0.4 is 0 Å². The molecule has 0 atom stereocenters. The number of aromatic nitrogens is 1. The van der Waals surface area contributed by atoms with Crippen molar-refractivity contribution in [3.8, 4) is 0 Å². The molecule has 0 spiro atoms. The molecule has 106 valence electrons. The van der Waals surface area contributed by atoms with Crippen molar-refractivity contribution in [2.24, 2.45) is 0 Å². The Labute approximate surface area is 125 Å². The number of fused-ring (bicyclic) bond motifs is 1. The van der Waals surface area contributed by atoms with Crippen molar-refractivity contribution in [1.29, 1.82) is 0 Å². The van der Waals surface area contributed by atoms with E-state index in [4.69, 9.17) is 16.7 Å². The van der Waals surface area contributed by atoms with E-state index in [0.29, 0.717) is 12.1 Å². The minimum absolute atomic E-state index is 0.113. The fraction of sp³-hybridized carbons (Fsp3) is 0.0625. The zero-order valence-corrected chi connectivity index (χ0v) is 11.6. The maximum absolute atomic E-state index is 13.5. The summed E-state index contributed by atoms with van der Waals surface area (Å²) in [7, 11) is 0. The van der Waals surface area contributed by atoms with E-state index in [9.17, 15) is 9.18 Å². The van der Waals surface area contributed by atoms with Crippen molar-refractivity contribution in [1.82, 2.24) is 4.57 Å². The average Bonchev–Trinajstić information content (AvgIpc) is 2.86. The van der Waals surface area contributed by atoms with Gasteiger partial charge in [0, 0.05) is 23.6 Å². The standard InChI is InChI=1S/C16H11ClFNO2/c17-15-12(2-1-3-13(15)18)9-19-7-6-10-8-11(16(20)21)4-5-14(10)19/h1-8H,9H2,(H,20,21). The molecule has 5 heteroatoms. The van der Waals surface area contributed by atoms with E-state index in [1.165, 1.54) is 6.07 Å². The molecule has 3 nitrogen and oxygen atoms in total. The van der Waals surface area contributed by atoms with Gasteiger partial charge < -0.3 is 9.67 Å². The van der Waals surface area contributed by atoms with Crippen LogP contribution in [-0.2, 0) is 6.54 Å². The smallest absolute Gasteiger partial charge is 0.335 e. The van der Waals surface area contributed by atoms with Crippen LogP contribution in [0, 0.1) is 5.82 Å². The number of hydrogen-bond donors (Lipinski definition) is 1. The van der Waals surface area contributed by atoms with E-state index < -0.39 is 11.8 Å². The van der Waals surface area contributed by atoms with Gasteiger partial charge in [-0.05, 0) is 35.9 Å². The van der Waals surface area contributed by atoms with Gasteiger partial charge in [-0.2, -0.15) is 0 Å². The molecule has 0 radical (unpaired) electrons. The van der Waals surface area contributed by atoms with Gasteiger partial charge in [-0.3, -0.25) is 0 Å². The lowest BCUT2D eigenvalue weighted by molar-refractivity contribution is 0.0697. The first-order chi connectivity index (χ1) is 10.1. The van der Waals surface area contributed by atoms with Crippen molar-refractivity contribution >= 4 is 28.5 Å². The Morgan fingerprint density at radius 2 is 2.05 bits per heavy atom. The number of rotatable bonds is 3. The summed E-state index contributed by atoms with van der Waals surface area (Å²) in [6.45, 7) is 0.423. The van der Waals surface area contributed by atoms with E-state index in [2.05, 4.69) is 0 Å². The summed E-state index contributed by atoms with van der Waals surface area (Å²) < 4.78 is 15.4. The van der Waals surface area contributed by atoms with E-state index >= 15 is 0 Å². The summed E-state index contributed by atoms with van der Waals surface area (Å²) in [6, 6.07) is 11.4. The van der Waals surface area contributed by atoms with Gasteiger partial charge in [0.05, 0.1) is 10.6 Å². The molecule has 0 aliphatic carbocycles. The second-order valence-corrected chi connectivity index (χ2v) is 5.11. The number of carbonyl (C=O) groups is 1. The fourth-order valence-corrected chi connectivity index (χ4v) is 2.51. The second kappa shape index (κ2) is 5.22. The average molecular weight is 304 g/mol. The quantitative estimate of drug-likeness (QED) is 0.788. The summed E-state index contributed by atoms with van der Waals surface area (Å²) in [5.41, 5.74) is 1.79. The van der Waals surface area contributed by atoms with Crippen molar-refractivity contribution in [3.05, 3.63) is 70.6 Å². The topological polar surface area (TPSA) is 42.2 Å². The lowest BCUT2D eigenvalue weighted by Gasteiger charge is -2.08. The Bertz CT molecular complexity index is 841. The first kappa shape index (κ1) is 13.6. The number of carboxylic acids is 1. The van der Waals surface area contributed by atoms with Crippen molar-refractivity contribution in [3.63, 3.8) is 0 Å². The van der Waals surface area contributed by atoms with E-state index in [1.54, 1.807) is 30.3 Å². The molecule has 21 heavy (non-hydrogen) atoms. The molecule has 0 saturated heterocycles. The number of nitrogens with zero attached hydrogens (tertiary/aromatic N) is 1. The molecule has 0 fully saturated rings. The van der Waals surface area contributed by atoms with Crippen LogP contribution in [-0.4, -0.2) is 15.6 Å². The van der Waals surface area contributed by atoms with Crippen LogP contribution in [0.3, 0.4) is 0 Å². The normalized spacial score (nSPS) is 11.0. The predicted octanol–water partition coefficient (Wildman–Crippen LogP) is 4.18. The highest BCUT2D eigenvalue weighted by atomic mass is 35.5. The maximum atomic E-state index is 13.5. The minimum atomic E-state index is -0.960. The van der Waals surface area contributed by atoms with Gasteiger partial charge in [0.2, 0.25) is 0 Å². The molecule has 0 unspecified atom stereocenters. The Balaban J connectivity index is 2.02. The molecular formula is C16H11ClFNO2. The molecule has 1 heterocycles. The lowest BCUT2D eigenvalue weighted by Crippen LogP contribution is -2.00. The zero-order valence-electron chi connectivity index (χ0n) is 10.9. The van der Waals surface area contributed by atoms with Crippen molar-refractivity contribution in [2.75, 3.05) is 0 Å². The van der Waals surface area contributed by atoms with Crippen molar-refractivity contribution < 1.29 is 14.3 Å². The van der Waals surface area contributed by atoms with Gasteiger partial charge in [-0.1, -0.05) is 23.7 Å². The van der Waals surface area contributed by atoms with E-state index in [1.807, 2.05) is 16.8 Å². The second-order valence-electron chi connectivity index (χ2n) is 4.74. The molecule has 0 aliphatic rings. The Morgan fingerprint density at radius 1 is 1.24 bits per heavy atom. The van der Waals surface area contributed by atoms with Crippen LogP contribution in [0.25, 0.3) is 10.9 Å². The number of benzene rings is 2. The highest BCUT2D eigenvalue weighted by Gasteiger charge is 2.09. The van der Waals surface area contributed by atoms with Crippen molar-refractivity contribution in [2.45, 2.75) is 6.54 Å². The number of hydrogen-bond acceptors (Lipinski definition) is 1. The highest BCUT2D eigenvalue weighted by Crippen LogP contribution is 2.24. The number of halogens is 2. The summed E-state index contributed by atoms with van der Waals surface area (Å²) in [6.07, 6.45) is 1.83. The zero-order chi connectivity index (χ0) is 15.0. The van der Waals surface area contributed by atoms with E-state index in [-0.39, 0.29) is 10.6 Å². The predicted molar refractivity (Wildman–Crippen MR) is 79.4 cm³/mol. The molecule has 0 aliphatic heterocycles. The van der Waals surface area contributed by atoms with Gasteiger partial charge in [-0.15, -0.1) is 0 Å². The third kappa shape index (κ3) is 2.50. The number of aromatic carboxylic acids is 1. The molecule has 0 amide bonds. The Hall–Kier alpha value is -2.33. The van der Waals surface area contributed by atoms with Gasteiger partial charge in [0.25, 0.3) is 0 Å². The third-order valence-electron chi connectivity index (χ3n) is 3.39. The van der Waals surface area contributed by atoms with Gasteiger partial charge in [0.15, 0.2) is 0 Å². The molecule has 1 N–H and O–H groups in total. The molecule has 3 rings (SSSR count).